The summed E-state index contributed by atoms with van der Waals surface area (Å²) in [6.07, 6.45) is -0.964. The predicted octanol–water partition coefficient (Wildman–Crippen LogP) is 0.895. The molecule has 1 unspecified atom stereocenters. The van der Waals surface area contributed by atoms with Crippen LogP contribution >= 0.6 is 0 Å². The molecule has 0 saturated carbocycles. The van der Waals surface area contributed by atoms with Crippen molar-refractivity contribution in [2.24, 2.45) is 0 Å². The van der Waals surface area contributed by atoms with E-state index in [2.05, 4.69) is 24.1 Å². The van der Waals surface area contributed by atoms with E-state index >= 15 is 0 Å². The molecule has 0 bridgehead atoms. The number of ether oxygens (including phenoxy) is 2. The van der Waals surface area contributed by atoms with Gasteiger partial charge in [-0.2, -0.15) is 0 Å². The molecular formula is C17H26N2O4. The predicted molar refractivity (Wildman–Crippen MR) is 87.8 cm³/mol. The zero-order chi connectivity index (χ0) is 16.8. The van der Waals surface area contributed by atoms with Gasteiger partial charge in [-0.3, -0.25) is 4.79 Å². The first-order valence-corrected chi connectivity index (χ1v) is 8.06. The van der Waals surface area contributed by atoms with Crippen LogP contribution in [0.25, 0.3) is 0 Å². The number of rotatable bonds is 7. The minimum Gasteiger partial charge on any atom is -0.497 e. The van der Waals surface area contributed by atoms with E-state index in [0.29, 0.717) is 24.5 Å². The molecule has 1 aliphatic rings. The second kappa shape index (κ2) is 8.29. The minimum absolute atomic E-state index is 0.219. The smallest absolute Gasteiger partial charge is 0.251 e. The van der Waals surface area contributed by atoms with Crippen LogP contribution in [-0.4, -0.2) is 67.5 Å². The maximum Gasteiger partial charge on any atom is 0.251 e. The van der Waals surface area contributed by atoms with Gasteiger partial charge in [-0.15, -0.1) is 0 Å². The van der Waals surface area contributed by atoms with Gasteiger partial charge in [0.25, 0.3) is 5.91 Å². The Morgan fingerprint density at radius 3 is 2.57 bits per heavy atom. The summed E-state index contributed by atoms with van der Waals surface area (Å²) in [4.78, 5) is 14.5. The Bertz CT molecular complexity index is 502. The number of nitrogens with zero attached hydrogens (tertiary/aromatic N) is 1. The second-order valence-electron chi connectivity index (χ2n) is 5.66. The van der Waals surface area contributed by atoms with Crippen molar-refractivity contribution < 1.29 is 19.4 Å². The molecule has 1 amide bonds. The van der Waals surface area contributed by atoms with E-state index < -0.39 is 6.10 Å². The highest BCUT2D eigenvalue weighted by atomic mass is 16.5. The van der Waals surface area contributed by atoms with Crippen LogP contribution < -0.4 is 10.1 Å². The fourth-order valence-corrected chi connectivity index (χ4v) is 2.70. The summed E-state index contributed by atoms with van der Waals surface area (Å²) >= 11 is 0. The lowest BCUT2D eigenvalue weighted by atomic mass is 10.1. The summed E-state index contributed by atoms with van der Waals surface area (Å²) < 4.78 is 10.7. The first kappa shape index (κ1) is 17.7. The lowest BCUT2D eigenvalue weighted by Crippen LogP contribution is -2.46. The number of amides is 1. The molecule has 0 aliphatic carbocycles. The van der Waals surface area contributed by atoms with Crippen molar-refractivity contribution in [3.05, 3.63) is 29.8 Å². The van der Waals surface area contributed by atoms with Crippen molar-refractivity contribution in [3.63, 3.8) is 0 Å². The van der Waals surface area contributed by atoms with Crippen molar-refractivity contribution >= 4 is 5.91 Å². The van der Waals surface area contributed by atoms with Gasteiger partial charge in [0, 0.05) is 12.1 Å². The van der Waals surface area contributed by atoms with E-state index in [1.54, 1.807) is 31.4 Å². The van der Waals surface area contributed by atoms with Crippen LogP contribution in [0.15, 0.2) is 24.3 Å². The van der Waals surface area contributed by atoms with E-state index in [4.69, 9.17) is 9.47 Å². The third-order valence-corrected chi connectivity index (χ3v) is 4.28. The van der Waals surface area contributed by atoms with E-state index in [1.165, 1.54) is 0 Å². The van der Waals surface area contributed by atoms with E-state index in [0.717, 1.165) is 13.1 Å². The van der Waals surface area contributed by atoms with E-state index in [9.17, 15) is 9.90 Å². The van der Waals surface area contributed by atoms with Gasteiger partial charge in [-0.05, 0) is 37.4 Å². The molecule has 2 N–H and O–H groups in total. The number of carbonyl (C=O) groups excluding carboxylic acids is 1. The zero-order valence-corrected chi connectivity index (χ0v) is 14.0. The van der Waals surface area contributed by atoms with Gasteiger partial charge in [-0.1, -0.05) is 13.8 Å². The summed E-state index contributed by atoms with van der Waals surface area (Å²) in [5.74, 6) is 0.480. The maximum atomic E-state index is 12.3. The van der Waals surface area contributed by atoms with Gasteiger partial charge in [0.05, 0.1) is 25.9 Å². The molecule has 6 nitrogen and oxygen atoms in total. The number of hydrogen-bond donors (Lipinski definition) is 2. The topological polar surface area (TPSA) is 71.0 Å². The Morgan fingerprint density at radius 1 is 1.35 bits per heavy atom. The van der Waals surface area contributed by atoms with Crippen molar-refractivity contribution in [2.75, 3.05) is 33.4 Å². The molecule has 3 atom stereocenters. The van der Waals surface area contributed by atoms with Crippen molar-refractivity contribution in [3.8, 4) is 5.75 Å². The summed E-state index contributed by atoms with van der Waals surface area (Å²) in [7, 11) is 1.58. The Labute approximate surface area is 137 Å². The molecule has 1 heterocycles. The summed E-state index contributed by atoms with van der Waals surface area (Å²) in [6, 6.07) is 6.48. The molecule has 0 spiro atoms. The number of nitrogens with one attached hydrogen (secondary N) is 1. The van der Waals surface area contributed by atoms with Gasteiger partial charge in [0.2, 0.25) is 0 Å². The fraction of sp³-hybridized carbons (Fsp3) is 0.588. The molecule has 1 fully saturated rings. The first-order chi connectivity index (χ1) is 11.1. The molecule has 1 saturated heterocycles. The number of benzene rings is 1. The van der Waals surface area contributed by atoms with Crippen LogP contribution in [0.5, 0.6) is 5.75 Å². The Kier molecular flexibility index (Phi) is 6.38. The summed E-state index contributed by atoms with van der Waals surface area (Å²) in [6.45, 7) is 6.97. The molecule has 0 radical (unpaired) electrons. The maximum absolute atomic E-state index is 12.3. The molecule has 128 valence electrons. The second-order valence-corrected chi connectivity index (χ2v) is 5.66. The third-order valence-electron chi connectivity index (χ3n) is 4.28. The Hall–Kier alpha value is -1.63. The highest BCUT2D eigenvalue weighted by molar-refractivity contribution is 5.94. The Morgan fingerprint density at radius 2 is 2.00 bits per heavy atom. The molecule has 6 heteroatoms. The number of aliphatic hydroxyl groups is 1. The van der Waals surface area contributed by atoms with E-state index in [-0.39, 0.29) is 18.1 Å². The summed E-state index contributed by atoms with van der Waals surface area (Å²) in [5, 5.41) is 13.2. The quantitative estimate of drug-likeness (QED) is 0.780. The van der Waals surface area contributed by atoms with Gasteiger partial charge >= 0.3 is 0 Å². The zero-order valence-electron chi connectivity index (χ0n) is 14.0. The number of carbonyl (C=O) groups is 1. The van der Waals surface area contributed by atoms with Crippen molar-refractivity contribution in [1.82, 2.24) is 10.2 Å². The minimum atomic E-state index is -0.696. The Balaban J connectivity index is 1.91. The first-order valence-electron chi connectivity index (χ1n) is 8.06. The van der Waals surface area contributed by atoms with Crippen LogP contribution in [0.2, 0.25) is 0 Å². The van der Waals surface area contributed by atoms with Crippen molar-refractivity contribution in [2.45, 2.75) is 32.1 Å². The van der Waals surface area contributed by atoms with Gasteiger partial charge in [-0.25, -0.2) is 0 Å². The van der Waals surface area contributed by atoms with Gasteiger partial charge in [0.1, 0.15) is 11.9 Å². The number of aliphatic hydroxyl groups excluding tert-OH is 1. The average Bonchev–Trinajstić information content (AvgIpc) is 2.92. The highest BCUT2D eigenvalue weighted by Gasteiger charge is 2.37. The van der Waals surface area contributed by atoms with E-state index in [1.807, 2.05) is 0 Å². The fourth-order valence-electron chi connectivity index (χ4n) is 2.70. The molecule has 1 aliphatic heterocycles. The summed E-state index contributed by atoms with van der Waals surface area (Å²) in [5.41, 5.74) is 0.533. The largest absolute Gasteiger partial charge is 0.497 e. The number of hydrogen-bond acceptors (Lipinski definition) is 5. The van der Waals surface area contributed by atoms with Crippen molar-refractivity contribution in [1.29, 1.82) is 0 Å². The average molecular weight is 322 g/mol. The van der Waals surface area contributed by atoms with Crippen LogP contribution in [0, 0.1) is 0 Å². The molecule has 2 rings (SSSR count). The lowest BCUT2D eigenvalue weighted by Gasteiger charge is -2.24. The van der Waals surface area contributed by atoms with Crippen LogP contribution in [-0.2, 0) is 4.74 Å². The molecule has 0 aromatic heterocycles. The third kappa shape index (κ3) is 4.43. The molecule has 1 aromatic carbocycles. The van der Waals surface area contributed by atoms with Crippen LogP contribution in [0.1, 0.15) is 24.2 Å². The van der Waals surface area contributed by atoms with Gasteiger partial charge < -0.3 is 24.8 Å². The standard InChI is InChI=1S/C17H26N2O4/c1-4-19(5-2)10-15-16(20)14(11-23-15)18-17(21)12-6-8-13(22-3)9-7-12/h6-9,14-16,20H,4-5,10-11H2,1-3H3,(H,18,21)/t14?,15-,16+/m0/s1. The van der Waals surface area contributed by atoms with Crippen LogP contribution in [0.3, 0.4) is 0 Å². The highest BCUT2D eigenvalue weighted by Crippen LogP contribution is 2.17. The monoisotopic (exact) mass is 322 g/mol. The molecule has 1 aromatic rings. The normalized spacial score (nSPS) is 24.0. The van der Waals surface area contributed by atoms with Gasteiger partial charge in [0.15, 0.2) is 0 Å². The molecule has 23 heavy (non-hydrogen) atoms. The number of likely N-dealkylation sites (N-methyl/N-ethyl adjacent to an activating group) is 1. The lowest BCUT2D eigenvalue weighted by molar-refractivity contribution is 0.0171. The SMILES string of the molecule is CCN(CC)C[C@@H]1OCC(NC(=O)c2ccc(OC)cc2)[C@H]1O. The van der Waals surface area contributed by atoms with Crippen LogP contribution in [0.4, 0.5) is 0 Å². The molecular weight excluding hydrogens is 296 g/mol. The number of methoxy groups -OCH3 is 1.